The Labute approximate surface area is 159 Å². The molecule has 6 heteroatoms. The highest BCUT2D eigenvalue weighted by atomic mass is 16.4. The molecule has 3 rings (SSSR count). The fraction of sp³-hybridized carbons (Fsp3) is 0.381. The lowest BCUT2D eigenvalue weighted by atomic mass is 10.0. The number of carboxylic acids is 1. The van der Waals surface area contributed by atoms with E-state index in [1.54, 1.807) is 12.3 Å². The first-order chi connectivity index (χ1) is 13.1. The van der Waals surface area contributed by atoms with Gasteiger partial charge in [0.1, 0.15) is 5.82 Å². The molecule has 1 unspecified atom stereocenters. The predicted molar refractivity (Wildman–Crippen MR) is 104 cm³/mol. The quantitative estimate of drug-likeness (QED) is 0.750. The van der Waals surface area contributed by atoms with Gasteiger partial charge in [-0.05, 0) is 43.4 Å². The molecule has 1 fully saturated rings. The molecule has 2 N–H and O–H groups in total. The lowest BCUT2D eigenvalue weighted by molar-refractivity contribution is -0.137. The van der Waals surface area contributed by atoms with Crippen LogP contribution >= 0.6 is 0 Å². The van der Waals surface area contributed by atoms with Crippen molar-refractivity contribution in [1.82, 2.24) is 10.3 Å². The summed E-state index contributed by atoms with van der Waals surface area (Å²) in [6.45, 7) is 2.01. The summed E-state index contributed by atoms with van der Waals surface area (Å²) in [6, 6.07) is 13.2. The number of carbonyl (C=O) groups excluding carboxylic acids is 1. The number of aromatic nitrogens is 1. The van der Waals surface area contributed by atoms with Gasteiger partial charge in [0.05, 0.1) is 5.56 Å². The van der Waals surface area contributed by atoms with Crippen LogP contribution < -0.4 is 10.2 Å². The monoisotopic (exact) mass is 367 g/mol. The summed E-state index contributed by atoms with van der Waals surface area (Å²) in [5, 5.41) is 12.0. The van der Waals surface area contributed by atoms with Crippen molar-refractivity contribution in [3.05, 3.63) is 59.8 Å². The van der Waals surface area contributed by atoms with Crippen LogP contribution in [0, 0.1) is 0 Å². The van der Waals surface area contributed by atoms with Crippen molar-refractivity contribution >= 4 is 17.7 Å². The summed E-state index contributed by atoms with van der Waals surface area (Å²) in [5.41, 5.74) is 1.56. The van der Waals surface area contributed by atoms with Gasteiger partial charge in [0.2, 0.25) is 0 Å². The third-order valence-corrected chi connectivity index (χ3v) is 4.81. The summed E-state index contributed by atoms with van der Waals surface area (Å²) in [4.78, 5) is 30.2. The van der Waals surface area contributed by atoms with Crippen LogP contribution in [0.5, 0.6) is 0 Å². The van der Waals surface area contributed by atoms with E-state index in [1.165, 1.54) is 12.8 Å². The average molecular weight is 367 g/mol. The van der Waals surface area contributed by atoms with E-state index in [4.69, 9.17) is 5.11 Å². The zero-order valence-electron chi connectivity index (χ0n) is 15.3. The first kappa shape index (κ1) is 18.9. The van der Waals surface area contributed by atoms with E-state index in [2.05, 4.69) is 15.2 Å². The zero-order chi connectivity index (χ0) is 19.1. The second-order valence-electron chi connectivity index (χ2n) is 6.89. The Kier molecular flexibility index (Phi) is 6.41. The molecule has 1 saturated heterocycles. The van der Waals surface area contributed by atoms with Crippen molar-refractivity contribution in [2.75, 3.05) is 18.0 Å². The number of carboxylic acid groups (broad SMARTS) is 1. The predicted octanol–water partition coefficient (Wildman–Crippen LogP) is 2.89. The van der Waals surface area contributed by atoms with E-state index in [-0.39, 0.29) is 18.4 Å². The minimum atomic E-state index is -0.862. The van der Waals surface area contributed by atoms with Crippen LogP contribution in [0.2, 0.25) is 0 Å². The van der Waals surface area contributed by atoms with Gasteiger partial charge in [-0.1, -0.05) is 30.3 Å². The van der Waals surface area contributed by atoms with Crippen molar-refractivity contribution in [3.8, 4) is 0 Å². The van der Waals surface area contributed by atoms with E-state index in [0.717, 1.165) is 24.5 Å². The molecule has 0 aliphatic carbocycles. The number of hydrogen-bond donors (Lipinski definition) is 2. The van der Waals surface area contributed by atoms with E-state index >= 15 is 0 Å². The first-order valence-corrected chi connectivity index (χ1v) is 9.39. The highest BCUT2D eigenvalue weighted by Gasteiger charge is 2.18. The van der Waals surface area contributed by atoms with Gasteiger partial charge < -0.3 is 15.3 Å². The Morgan fingerprint density at radius 1 is 1.11 bits per heavy atom. The lowest BCUT2D eigenvalue weighted by Gasteiger charge is -2.19. The molecular formula is C21H25N3O3. The third-order valence-electron chi connectivity index (χ3n) is 4.81. The number of anilines is 1. The van der Waals surface area contributed by atoms with Crippen LogP contribution in [-0.2, 0) is 11.2 Å². The molecular weight excluding hydrogens is 342 g/mol. The number of nitrogens with zero attached hydrogens (tertiary/aromatic N) is 2. The summed E-state index contributed by atoms with van der Waals surface area (Å²) in [5.74, 6) is -0.184. The Morgan fingerprint density at radius 2 is 1.85 bits per heavy atom. The summed E-state index contributed by atoms with van der Waals surface area (Å²) < 4.78 is 0. The smallest absolute Gasteiger partial charge is 0.303 e. The van der Waals surface area contributed by atoms with Gasteiger partial charge >= 0.3 is 5.97 Å². The number of carbonyl (C=O) groups is 2. The van der Waals surface area contributed by atoms with Gasteiger partial charge in [-0.2, -0.15) is 0 Å². The summed E-state index contributed by atoms with van der Waals surface area (Å²) in [6.07, 6.45) is 4.95. The maximum absolute atomic E-state index is 12.6. The van der Waals surface area contributed by atoms with E-state index < -0.39 is 5.97 Å². The van der Waals surface area contributed by atoms with Crippen molar-refractivity contribution < 1.29 is 14.7 Å². The molecule has 1 atom stereocenters. The summed E-state index contributed by atoms with van der Waals surface area (Å²) >= 11 is 0. The molecule has 2 aromatic rings. The second-order valence-corrected chi connectivity index (χ2v) is 6.89. The van der Waals surface area contributed by atoms with Crippen molar-refractivity contribution in [2.45, 2.75) is 38.1 Å². The van der Waals surface area contributed by atoms with E-state index in [0.29, 0.717) is 18.4 Å². The Balaban J connectivity index is 1.64. The van der Waals surface area contributed by atoms with Crippen LogP contribution in [0.3, 0.4) is 0 Å². The fourth-order valence-corrected chi connectivity index (χ4v) is 3.34. The van der Waals surface area contributed by atoms with Crippen LogP contribution in [0.4, 0.5) is 5.82 Å². The number of rotatable bonds is 8. The molecule has 1 aliphatic rings. The minimum absolute atomic E-state index is 0.0178. The molecule has 27 heavy (non-hydrogen) atoms. The molecule has 0 saturated carbocycles. The topological polar surface area (TPSA) is 82.5 Å². The first-order valence-electron chi connectivity index (χ1n) is 9.39. The van der Waals surface area contributed by atoms with Gasteiger partial charge in [-0.15, -0.1) is 0 Å². The SMILES string of the molecule is O=C(O)CCC(Cc1ccccc1)NC(=O)c1ccc(N2CCCC2)nc1. The molecule has 2 heterocycles. The third kappa shape index (κ3) is 5.54. The standard InChI is InChI=1S/C21H25N3O3/c25-20(26)11-9-18(14-16-6-2-1-3-7-16)23-21(27)17-8-10-19(22-15-17)24-12-4-5-13-24/h1-3,6-8,10,15,18H,4-5,9,11-14H2,(H,23,27)(H,25,26). The maximum atomic E-state index is 12.6. The highest BCUT2D eigenvalue weighted by Crippen LogP contribution is 2.18. The molecule has 6 nitrogen and oxygen atoms in total. The number of benzene rings is 1. The molecule has 0 spiro atoms. The molecule has 142 valence electrons. The molecule has 1 amide bonds. The van der Waals surface area contributed by atoms with Crippen LogP contribution in [0.25, 0.3) is 0 Å². The zero-order valence-corrected chi connectivity index (χ0v) is 15.3. The van der Waals surface area contributed by atoms with Crippen molar-refractivity contribution in [1.29, 1.82) is 0 Å². The highest BCUT2D eigenvalue weighted by molar-refractivity contribution is 5.94. The van der Waals surface area contributed by atoms with Crippen molar-refractivity contribution in [2.24, 2.45) is 0 Å². The number of aliphatic carboxylic acids is 1. The number of hydrogen-bond acceptors (Lipinski definition) is 4. The molecule has 1 aromatic heterocycles. The largest absolute Gasteiger partial charge is 0.481 e. The van der Waals surface area contributed by atoms with E-state index in [9.17, 15) is 9.59 Å². The van der Waals surface area contributed by atoms with E-state index in [1.807, 2.05) is 36.4 Å². The fourth-order valence-electron chi connectivity index (χ4n) is 3.34. The van der Waals surface area contributed by atoms with Gasteiger partial charge in [-0.3, -0.25) is 9.59 Å². The molecule has 1 aliphatic heterocycles. The van der Waals surface area contributed by atoms with Crippen LogP contribution in [0.1, 0.15) is 41.6 Å². The average Bonchev–Trinajstić information content (AvgIpc) is 3.22. The van der Waals surface area contributed by atoms with Gasteiger partial charge in [-0.25, -0.2) is 4.98 Å². The van der Waals surface area contributed by atoms with Gasteiger partial charge in [0.15, 0.2) is 0 Å². The number of amides is 1. The normalized spacial score (nSPS) is 14.7. The number of nitrogens with one attached hydrogen (secondary N) is 1. The molecule has 1 aromatic carbocycles. The van der Waals surface area contributed by atoms with Gasteiger partial charge in [0.25, 0.3) is 5.91 Å². The van der Waals surface area contributed by atoms with Crippen LogP contribution in [0.15, 0.2) is 48.7 Å². The Bertz CT molecular complexity index is 756. The molecule has 0 radical (unpaired) electrons. The Morgan fingerprint density at radius 3 is 2.48 bits per heavy atom. The van der Waals surface area contributed by atoms with Crippen molar-refractivity contribution in [3.63, 3.8) is 0 Å². The van der Waals surface area contributed by atoms with Crippen LogP contribution in [-0.4, -0.2) is 41.1 Å². The molecule has 0 bridgehead atoms. The Hall–Kier alpha value is -2.89. The second kappa shape index (κ2) is 9.16. The number of pyridine rings is 1. The maximum Gasteiger partial charge on any atom is 0.303 e. The summed E-state index contributed by atoms with van der Waals surface area (Å²) in [7, 11) is 0. The lowest BCUT2D eigenvalue weighted by Crippen LogP contribution is -2.37. The minimum Gasteiger partial charge on any atom is -0.481 e. The van der Waals surface area contributed by atoms with Gasteiger partial charge in [0, 0.05) is 31.7 Å².